The van der Waals surface area contributed by atoms with Crippen LogP contribution in [0.4, 0.5) is 4.39 Å². The van der Waals surface area contributed by atoms with E-state index in [1.54, 1.807) is 0 Å². The number of aliphatic carboxylic acids is 1. The van der Waals surface area contributed by atoms with Crippen molar-refractivity contribution in [2.24, 2.45) is 0 Å². The Labute approximate surface area is 147 Å². The first-order chi connectivity index (χ1) is 11.2. The molecule has 0 unspecified atom stereocenters. The number of hydrogen-bond donors (Lipinski definition) is 1. The second-order valence-electron chi connectivity index (χ2n) is 4.74. The molecule has 0 aromatic heterocycles. The normalized spacial score (nSPS) is 11.3. The summed E-state index contributed by atoms with van der Waals surface area (Å²) in [5.74, 6) is -1.50. The van der Waals surface area contributed by atoms with Crippen molar-refractivity contribution in [1.29, 1.82) is 0 Å². The third-order valence-corrected chi connectivity index (χ3v) is 5.46. The SMILES string of the molecule is CS(=O)(=O)c1ccc(Sc2cc(F)ccc2OCC(=O)O)c(Cl)c1. The second-order valence-corrected chi connectivity index (χ2v) is 8.25. The molecule has 0 atom stereocenters. The van der Waals surface area contributed by atoms with Crippen molar-refractivity contribution in [3.63, 3.8) is 0 Å². The summed E-state index contributed by atoms with van der Waals surface area (Å²) in [4.78, 5) is 11.5. The molecule has 0 radical (unpaired) electrons. The van der Waals surface area contributed by atoms with Gasteiger partial charge in [-0.25, -0.2) is 17.6 Å². The van der Waals surface area contributed by atoms with E-state index in [0.717, 1.165) is 24.1 Å². The van der Waals surface area contributed by atoms with E-state index in [9.17, 15) is 17.6 Å². The van der Waals surface area contributed by atoms with Gasteiger partial charge in [-0.2, -0.15) is 0 Å². The van der Waals surface area contributed by atoms with Crippen molar-refractivity contribution in [2.45, 2.75) is 14.7 Å². The number of ether oxygens (including phenoxy) is 1. The molecular weight excluding hydrogens is 379 g/mol. The van der Waals surface area contributed by atoms with Gasteiger partial charge in [0.25, 0.3) is 0 Å². The fraction of sp³-hybridized carbons (Fsp3) is 0.133. The maximum atomic E-state index is 13.5. The van der Waals surface area contributed by atoms with E-state index in [4.69, 9.17) is 21.4 Å². The minimum atomic E-state index is -3.39. The summed E-state index contributed by atoms with van der Waals surface area (Å²) in [7, 11) is -3.39. The number of benzene rings is 2. The largest absolute Gasteiger partial charge is 0.481 e. The number of sulfone groups is 1. The van der Waals surface area contributed by atoms with E-state index in [2.05, 4.69) is 0 Å². The summed E-state index contributed by atoms with van der Waals surface area (Å²) in [6, 6.07) is 7.84. The van der Waals surface area contributed by atoms with Crippen LogP contribution in [0.2, 0.25) is 5.02 Å². The summed E-state index contributed by atoms with van der Waals surface area (Å²) < 4.78 is 41.6. The van der Waals surface area contributed by atoms with Crippen LogP contribution in [0, 0.1) is 5.82 Å². The first kappa shape index (κ1) is 18.6. The van der Waals surface area contributed by atoms with Crippen molar-refractivity contribution in [3.8, 4) is 5.75 Å². The standard InChI is InChI=1S/C15H12ClFO5S2/c1-24(20,21)10-3-5-13(11(16)7-10)23-14-6-9(17)2-4-12(14)22-8-15(18)19/h2-7H,8H2,1H3,(H,18,19). The average molecular weight is 391 g/mol. The summed E-state index contributed by atoms with van der Waals surface area (Å²) >= 11 is 7.13. The lowest BCUT2D eigenvalue weighted by molar-refractivity contribution is -0.139. The molecule has 0 amide bonds. The lowest BCUT2D eigenvalue weighted by Gasteiger charge is -2.11. The van der Waals surface area contributed by atoms with E-state index >= 15 is 0 Å². The van der Waals surface area contributed by atoms with Crippen LogP contribution in [0.5, 0.6) is 5.75 Å². The predicted octanol–water partition coefficient (Wildman–Crippen LogP) is 3.50. The Morgan fingerprint density at radius 1 is 1.25 bits per heavy atom. The summed E-state index contributed by atoms with van der Waals surface area (Å²) in [6.45, 7) is -0.570. The average Bonchev–Trinajstić information content (AvgIpc) is 2.47. The molecule has 9 heteroatoms. The highest BCUT2D eigenvalue weighted by atomic mass is 35.5. The zero-order valence-electron chi connectivity index (χ0n) is 12.3. The number of hydrogen-bond acceptors (Lipinski definition) is 5. The Bertz CT molecular complexity index is 883. The smallest absolute Gasteiger partial charge is 0.341 e. The van der Waals surface area contributed by atoms with Crippen LogP contribution in [0.15, 0.2) is 51.1 Å². The molecule has 1 N–H and O–H groups in total. The van der Waals surface area contributed by atoms with E-state index in [1.165, 1.54) is 30.3 Å². The zero-order valence-corrected chi connectivity index (χ0v) is 14.7. The van der Waals surface area contributed by atoms with Gasteiger partial charge >= 0.3 is 5.97 Å². The summed E-state index contributed by atoms with van der Waals surface area (Å²) in [5.41, 5.74) is 0. The van der Waals surface area contributed by atoms with Gasteiger partial charge in [0.2, 0.25) is 0 Å². The van der Waals surface area contributed by atoms with Crippen LogP contribution in [0.3, 0.4) is 0 Å². The number of carboxylic acids is 1. The second kappa shape index (κ2) is 7.42. The van der Waals surface area contributed by atoms with Gasteiger partial charge in [0.05, 0.1) is 14.8 Å². The highest BCUT2D eigenvalue weighted by Gasteiger charge is 2.14. The molecule has 5 nitrogen and oxygen atoms in total. The van der Waals surface area contributed by atoms with Crippen LogP contribution in [-0.2, 0) is 14.6 Å². The summed E-state index contributed by atoms with van der Waals surface area (Å²) in [5, 5.41) is 8.85. The molecular formula is C15H12ClFO5S2. The van der Waals surface area contributed by atoms with Gasteiger partial charge < -0.3 is 9.84 Å². The molecule has 0 fully saturated rings. The minimum absolute atomic E-state index is 0.0680. The van der Waals surface area contributed by atoms with Gasteiger partial charge in [0.15, 0.2) is 16.4 Å². The molecule has 0 saturated carbocycles. The Hall–Kier alpha value is -1.77. The van der Waals surface area contributed by atoms with Crippen molar-refractivity contribution in [3.05, 3.63) is 47.2 Å². The Morgan fingerprint density at radius 3 is 2.54 bits per heavy atom. The molecule has 0 heterocycles. The van der Waals surface area contributed by atoms with Crippen molar-refractivity contribution in [2.75, 3.05) is 12.9 Å². The molecule has 24 heavy (non-hydrogen) atoms. The van der Waals surface area contributed by atoms with Gasteiger partial charge in [-0.1, -0.05) is 23.4 Å². The summed E-state index contributed by atoms with van der Waals surface area (Å²) in [6.07, 6.45) is 1.07. The third kappa shape index (κ3) is 4.86. The van der Waals surface area contributed by atoms with Gasteiger partial charge in [0.1, 0.15) is 11.6 Å². The van der Waals surface area contributed by atoms with E-state index in [1.807, 2.05) is 0 Å². The van der Waals surface area contributed by atoms with Crippen LogP contribution in [0.25, 0.3) is 0 Å². The first-order valence-corrected chi connectivity index (χ1v) is 9.57. The van der Waals surface area contributed by atoms with Crippen LogP contribution in [-0.4, -0.2) is 32.4 Å². The number of carbonyl (C=O) groups is 1. The van der Waals surface area contributed by atoms with Gasteiger partial charge in [-0.05, 0) is 36.4 Å². The topological polar surface area (TPSA) is 80.7 Å². The molecule has 0 spiro atoms. The fourth-order valence-corrected chi connectivity index (χ4v) is 3.67. The van der Waals surface area contributed by atoms with E-state index in [-0.39, 0.29) is 15.7 Å². The maximum Gasteiger partial charge on any atom is 0.341 e. The van der Waals surface area contributed by atoms with E-state index < -0.39 is 28.2 Å². The Kier molecular flexibility index (Phi) is 5.74. The van der Waals surface area contributed by atoms with Crippen molar-refractivity contribution < 1.29 is 27.4 Å². The fourth-order valence-electron chi connectivity index (χ4n) is 1.73. The Morgan fingerprint density at radius 2 is 1.96 bits per heavy atom. The van der Waals surface area contributed by atoms with Gasteiger partial charge in [-0.3, -0.25) is 0 Å². The molecule has 2 aromatic rings. The highest BCUT2D eigenvalue weighted by molar-refractivity contribution is 7.99. The molecule has 0 bridgehead atoms. The van der Waals surface area contributed by atoms with Crippen LogP contribution >= 0.6 is 23.4 Å². The van der Waals surface area contributed by atoms with Crippen LogP contribution < -0.4 is 4.74 Å². The minimum Gasteiger partial charge on any atom is -0.481 e. The molecule has 0 saturated heterocycles. The molecule has 2 aromatic carbocycles. The lowest BCUT2D eigenvalue weighted by atomic mass is 10.3. The molecule has 0 aliphatic heterocycles. The zero-order chi connectivity index (χ0) is 17.9. The van der Waals surface area contributed by atoms with Crippen molar-refractivity contribution in [1.82, 2.24) is 0 Å². The number of carboxylic acid groups (broad SMARTS) is 1. The third-order valence-electron chi connectivity index (χ3n) is 2.81. The predicted molar refractivity (Wildman–Crippen MR) is 88.2 cm³/mol. The lowest BCUT2D eigenvalue weighted by Crippen LogP contribution is -2.09. The Balaban J connectivity index is 2.33. The maximum absolute atomic E-state index is 13.5. The number of rotatable bonds is 6. The highest BCUT2D eigenvalue weighted by Crippen LogP contribution is 2.39. The van der Waals surface area contributed by atoms with Gasteiger partial charge in [-0.15, -0.1) is 0 Å². The van der Waals surface area contributed by atoms with Crippen molar-refractivity contribution >= 4 is 39.2 Å². The molecule has 128 valence electrons. The van der Waals surface area contributed by atoms with Gasteiger partial charge in [0, 0.05) is 11.2 Å². The molecule has 0 aliphatic carbocycles. The monoisotopic (exact) mass is 390 g/mol. The number of halogens is 2. The van der Waals surface area contributed by atoms with E-state index in [0.29, 0.717) is 9.79 Å². The first-order valence-electron chi connectivity index (χ1n) is 6.48. The van der Waals surface area contributed by atoms with Crippen LogP contribution in [0.1, 0.15) is 0 Å². The molecule has 0 aliphatic rings. The molecule has 2 rings (SSSR count). The quantitative estimate of drug-likeness (QED) is 0.813.